The lowest BCUT2D eigenvalue weighted by molar-refractivity contribution is -0.137. The Morgan fingerprint density at radius 1 is 0.903 bits per heavy atom. The highest BCUT2D eigenvalue weighted by molar-refractivity contribution is 6.02. The summed E-state index contributed by atoms with van der Waals surface area (Å²) >= 11 is 0. The molecule has 0 atom stereocenters. The number of aliphatic imine (C=N–C) groups is 1. The number of carbonyl (C=O) groups is 2. The molecule has 1 aliphatic heterocycles. The van der Waals surface area contributed by atoms with E-state index in [1.54, 1.807) is 0 Å². The molecule has 0 spiro atoms. The summed E-state index contributed by atoms with van der Waals surface area (Å²) in [5.41, 5.74) is 9.12. The van der Waals surface area contributed by atoms with E-state index >= 15 is 0 Å². The molecular weight excluding hydrogens is 418 g/mol. The highest BCUT2D eigenvalue weighted by Crippen LogP contribution is 2.37. The standard InChI is InChI=1S/C20H19F4N5O2/c21-14-4-1-12(2-5-14)18(31)29-9-7-28(8-10-29)16-6-3-13(17(30)27-19(25)26)11-15(16)20(22,23)24/h1-6,11H,7-10H2,(H4,25,26,27,30). The third-order valence-corrected chi connectivity index (χ3v) is 4.78. The van der Waals surface area contributed by atoms with Crippen molar-refractivity contribution in [3.8, 4) is 0 Å². The molecule has 2 amide bonds. The molecule has 0 aromatic heterocycles. The summed E-state index contributed by atoms with van der Waals surface area (Å²) in [5.74, 6) is -2.33. The number of amides is 2. The van der Waals surface area contributed by atoms with Crippen molar-refractivity contribution in [2.45, 2.75) is 6.18 Å². The molecule has 1 heterocycles. The molecular formula is C20H19F4N5O2. The van der Waals surface area contributed by atoms with Gasteiger partial charge in [-0.05, 0) is 42.5 Å². The minimum atomic E-state index is -4.72. The zero-order chi connectivity index (χ0) is 22.8. The number of benzene rings is 2. The third kappa shape index (κ3) is 5.11. The summed E-state index contributed by atoms with van der Waals surface area (Å²) < 4.78 is 54.0. The van der Waals surface area contributed by atoms with Crippen LogP contribution in [0.5, 0.6) is 0 Å². The van der Waals surface area contributed by atoms with Gasteiger partial charge in [0.25, 0.3) is 11.8 Å². The van der Waals surface area contributed by atoms with E-state index in [1.165, 1.54) is 46.2 Å². The fourth-order valence-electron chi connectivity index (χ4n) is 3.28. The Bertz CT molecular complexity index is 1010. The molecule has 4 N–H and O–H groups in total. The Morgan fingerprint density at radius 3 is 2.03 bits per heavy atom. The largest absolute Gasteiger partial charge is 0.418 e. The number of rotatable bonds is 3. The van der Waals surface area contributed by atoms with Crippen molar-refractivity contribution >= 4 is 23.5 Å². The second-order valence-electron chi connectivity index (χ2n) is 6.86. The van der Waals surface area contributed by atoms with Crippen LogP contribution in [0.2, 0.25) is 0 Å². The summed E-state index contributed by atoms with van der Waals surface area (Å²) in [6.07, 6.45) is -4.72. The number of nitrogens with two attached hydrogens (primary N) is 2. The topological polar surface area (TPSA) is 105 Å². The Labute approximate surface area is 174 Å². The van der Waals surface area contributed by atoms with Gasteiger partial charge in [-0.15, -0.1) is 0 Å². The van der Waals surface area contributed by atoms with Gasteiger partial charge in [0.1, 0.15) is 5.82 Å². The lowest BCUT2D eigenvalue weighted by Crippen LogP contribution is -2.49. The maximum absolute atomic E-state index is 13.6. The second-order valence-corrected chi connectivity index (χ2v) is 6.86. The number of anilines is 1. The van der Waals surface area contributed by atoms with E-state index < -0.39 is 29.4 Å². The van der Waals surface area contributed by atoms with Crippen LogP contribution in [0.15, 0.2) is 47.5 Å². The summed E-state index contributed by atoms with van der Waals surface area (Å²) in [6.45, 7) is 0.665. The first-order valence-corrected chi connectivity index (χ1v) is 9.21. The van der Waals surface area contributed by atoms with E-state index in [4.69, 9.17) is 11.5 Å². The molecule has 11 heteroatoms. The summed E-state index contributed by atoms with van der Waals surface area (Å²) in [4.78, 5) is 30.7. The molecule has 1 aliphatic rings. The van der Waals surface area contributed by atoms with E-state index in [-0.39, 0.29) is 43.3 Å². The number of hydrogen-bond donors (Lipinski definition) is 2. The molecule has 1 fully saturated rings. The van der Waals surface area contributed by atoms with Crippen LogP contribution in [0.3, 0.4) is 0 Å². The predicted molar refractivity (Wildman–Crippen MR) is 106 cm³/mol. The zero-order valence-corrected chi connectivity index (χ0v) is 16.2. The van der Waals surface area contributed by atoms with Crippen molar-refractivity contribution in [3.05, 3.63) is 65.0 Å². The summed E-state index contributed by atoms with van der Waals surface area (Å²) in [5, 5.41) is 0. The predicted octanol–water partition coefficient (Wildman–Crippen LogP) is 2.22. The number of guanidine groups is 1. The van der Waals surface area contributed by atoms with Gasteiger partial charge in [-0.1, -0.05) is 0 Å². The summed E-state index contributed by atoms with van der Waals surface area (Å²) in [6, 6.07) is 8.18. The van der Waals surface area contributed by atoms with Gasteiger partial charge in [0.2, 0.25) is 0 Å². The molecule has 164 valence electrons. The molecule has 0 bridgehead atoms. The van der Waals surface area contributed by atoms with Crippen molar-refractivity contribution in [2.24, 2.45) is 16.5 Å². The van der Waals surface area contributed by atoms with Gasteiger partial charge in [-0.25, -0.2) is 4.39 Å². The SMILES string of the molecule is NC(N)=NC(=O)c1ccc(N2CCN(C(=O)c3ccc(F)cc3)CC2)c(C(F)(F)F)c1. The number of halogens is 4. The van der Waals surface area contributed by atoms with Crippen LogP contribution in [-0.4, -0.2) is 48.9 Å². The van der Waals surface area contributed by atoms with Crippen molar-refractivity contribution in [1.29, 1.82) is 0 Å². The Balaban J connectivity index is 1.79. The highest BCUT2D eigenvalue weighted by atomic mass is 19.4. The molecule has 3 rings (SSSR count). The lowest BCUT2D eigenvalue weighted by Gasteiger charge is -2.37. The summed E-state index contributed by atoms with van der Waals surface area (Å²) in [7, 11) is 0. The fourth-order valence-corrected chi connectivity index (χ4v) is 3.28. The van der Waals surface area contributed by atoms with Crippen molar-refractivity contribution in [1.82, 2.24) is 4.90 Å². The van der Waals surface area contributed by atoms with Gasteiger partial charge in [0.05, 0.1) is 5.56 Å². The van der Waals surface area contributed by atoms with Gasteiger partial charge < -0.3 is 21.3 Å². The van der Waals surface area contributed by atoms with E-state index in [2.05, 4.69) is 4.99 Å². The normalized spacial score (nSPS) is 14.3. The molecule has 2 aromatic carbocycles. The maximum atomic E-state index is 13.6. The van der Waals surface area contributed by atoms with Gasteiger partial charge in [-0.3, -0.25) is 9.59 Å². The minimum Gasteiger partial charge on any atom is -0.370 e. The minimum absolute atomic E-state index is 0.109. The molecule has 0 radical (unpaired) electrons. The van der Waals surface area contributed by atoms with Gasteiger partial charge >= 0.3 is 6.18 Å². The molecule has 1 saturated heterocycles. The van der Waals surface area contributed by atoms with Gasteiger partial charge in [-0.2, -0.15) is 18.2 Å². The maximum Gasteiger partial charge on any atom is 0.418 e. The molecule has 0 unspecified atom stereocenters. The molecule has 7 nitrogen and oxygen atoms in total. The highest BCUT2D eigenvalue weighted by Gasteiger charge is 2.36. The van der Waals surface area contributed by atoms with Gasteiger partial charge in [0, 0.05) is 43.0 Å². The Hall–Kier alpha value is -3.63. The van der Waals surface area contributed by atoms with Gasteiger partial charge in [0.15, 0.2) is 5.96 Å². The van der Waals surface area contributed by atoms with Crippen molar-refractivity contribution in [3.63, 3.8) is 0 Å². The van der Waals surface area contributed by atoms with Crippen LogP contribution < -0.4 is 16.4 Å². The van der Waals surface area contributed by atoms with Crippen LogP contribution in [0.25, 0.3) is 0 Å². The van der Waals surface area contributed by atoms with E-state index in [9.17, 15) is 27.2 Å². The van der Waals surface area contributed by atoms with Crippen LogP contribution in [0.4, 0.5) is 23.2 Å². The third-order valence-electron chi connectivity index (χ3n) is 4.78. The van der Waals surface area contributed by atoms with Crippen LogP contribution >= 0.6 is 0 Å². The average Bonchev–Trinajstić information content (AvgIpc) is 2.72. The second kappa shape index (κ2) is 8.62. The van der Waals surface area contributed by atoms with E-state index in [0.717, 1.165) is 0 Å². The molecule has 0 aliphatic carbocycles. The number of hydrogen-bond acceptors (Lipinski definition) is 3. The zero-order valence-electron chi connectivity index (χ0n) is 16.2. The Morgan fingerprint density at radius 2 is 1.48 bits per heavy atom. The van der Waals surface area contributed by atoms with Crippen LogP contribution in [-0.2, 0) is 6.18 Å². The smallest absolute Gasteiger partial charge is 0.370 e. The van der Waals surface area contributed by atoms with Crippen LogP contribution in [0, 0.1) is 5.82 Å². The quantitative estimate of drug-likeness (QED) is 0.435. The van der Waals surface area contributed by atoms with Crippen molar-refractivity contribution in [2.75, 3.05) is 31.1 Å². The number of nitrogens with zero attached hydrogens (tertiary/aromatic N) is 3. The lowest BCUT2D eigenvalue weighted by atomic mass is 10.1. The fraction of sp³-hybridized carbons (Fsp3) is 0.250. The molecule has 31 heavy (non-hydrogen) atoms. The van der Waals surface area contributed by atoms with Crippen LogP contribution in [0.1, 0.15) is 26.3 Å². The Kier molecular flexibility index (Phi) is 6.14. The van der Waals surface area contributed by atoms with E-state index in [1.807, 2.05) is 0 Å². The first-order valence-electron chi connectivity index (χ1n) is 9.21. The number of alkyl halides is 3. The first-order chi connectivity index (χ1) is 14.6. The monoisotopic (exact) mass is 437 g/mol. The average molecular weight is 437 g/mol. The molecule has 0 saturated carbocycles. The number of piperazine rings is 1. The van der Waals surface area contributed by atoms with Crippen molar-refractivity contribution < 1.29 is 27.2 Å². The molecule has 2 aromatic rings. The van der Waals surface area contributed by atoms with E-state index in [0.29, 0.717) is 11.6 Å². The number of carbonyl (C=O) groups excluding carboxylic acids is 2. The first kappa shape index (κ1) is 22.1.